The van der Waals surface area contributed by atoms with E-state index in [1.54, 1.807) is 36.4 Å². The Hall–Kier alpha value is -2.80. The maximum Gasteiger partial charge on any atom is 0.277 e. The second-order valence-corrected chi connectivity index (χ2v) is 5.13. The maximum atomic E-state index is 12.3. The zero-order chi connectivity index (χ0) is 16.2. The number of benzene rings is 1. The van der Waals surface area contributed by atoms with Gasteiger partial charge in [0.1, 0.15) is 5.52 Å². The maximum absolute atomic E-state index is 12.3. The minimum atomic E-state index is -0.290. The van der Waals surface area contributed by atoms with Crippen LogP contribution in [0.5, 0.6) is 0 Å². The van der Waals surface area contributed by atoms with Crippen LogP contribution in [-0.4, -0.2) is 25.9 Å². The van der Waals surface area contributed by atoms with Crippen LogP contribution in [0, 0.1) is 0 Å². The lowest BCUT2D eigenvalue weighted by molar-refractivity contribution is -0.116. The van der Waals surface area contributed by atoms with E-state index in [2.05, 4.69) is 20.6 Å². The predicted octanol–water partition coefficient (Wildman–Crippen LogP) is 1.87. The van der Waals surface area contributed by atoms with E-state index in [1.165, 1.54) is 10.9 Å². The van der Waals surface area contributed by atoms with Crippen LogP contribution in [0.25, 0.3) is 10.9 Å². The van der Waals surface area contributed by atoms with Gasteiger partial charge in [-0.1, -0.05) is 28.9 Å². The van der Waals surface area contributed by atoms with Gasteiger partial charge in [-0.05, 0) is 24.3 Å². The lowest BCUT2D eigenvalue weighted by atomic mass is 10.2. The van der Waals surface area contributed by atoms with Gasteiger partial charge in [0.2, 0.25) is 5.91 Å². The van der Waals surface area contributed by atoms with Crippen LogP contribution >= 0.6 is 11.6 Å². The van der Waals surface area contributed by atoms with Crippen molar-refractivity contribution in [3.05, 3.63) is 58.1 Å². The quantitative estimate of drug-likeness (QED) is 0.738. The number of amides is 1. The molecule has 0 atom stereocenters. The van der Waals surface area contributed by atoms with Crippen molar-refractivity contribution in [3.63, 3.8) is 0 Å². The molecule has 0 bridgehead atoms. The number of hydrogen-bond donors (Lipinski definition) is 1. The lowest BCUT2D eigenvalue weighted by Crippen LogP contribution is -2.26. The zero-order valence-electron chi connectivity index (χ0n) is 11.9. The number of pyridine rings is 1. The molecule has 2 aromatic heterocycles. The van der Waals surface area contributed by atoms with Crippen LogP contribution < -0.4 is 10.9 Å². The van der Waals surface area contributed by atoms with Gasteiger partial charge >= 0.3 is 0 Å². The molecule has 0 aliphatic heterocycles. The third-order valence-corrected chi connectivity index (χ3v) is 3.51. The van der Waals surface area contributed by atoms with E-state index in [4.69, 9.17) is 11.6 Å². The third kappa shape index (κ3) is 3.35. The summed E-state index contributed by atoms with van der Waals surface area (Å²) >= 11 is 5.87. The van der Waals surface area contributed by atoms with Crippen molar-refractivity contribution < 1.29 is 4.79 Å². The average molecular weight is 330 g/mol. The molecule has 8 heteroatoms. The molecule has 0 saturated carbocycles. The topological polar surface area (TPSA) is 89.8 Å². The molecular weight excluding hydrogens is 318 g/mol. The molecule has 0 radical (unpaired) electrons. The minimum Gasteiger partial charge on any atom is -0.323 e. The summed E-state index contributed by atoms with van der Waals surface area (Å²) in [4.78, 5) is 28.1. The van der Waals surface area contributed by atoms with Crippen molar-refractivity contribution in [2.45, 2.75) is 13.0 Å². The normalized spacial score (nSPS) is 10.7. The molecule has 0 aliphatic rings. The number of halogens is 1. The van der Waals surface area contributed by atoms with E-state index in [1.807, 2.05) is 0 Å². The first-order chi connectivity index (χ1) is 11.1. The second-order valence-electron chi connectivity index (χ2n) is 4.77. The molecule has 0 spiro atoms. The Morgan fingerprint density at radius 2 is 2.04 bits per heavy atom. The Bertz CT molecular complexity index is 925. The molecule has 23 heavy (non-hydrogen) atoms. The molecular formula is C15H12ClN5O2. The van der Waals surface area contributed by atoms with Gasteiger partial charge in [-0.15, -0.1) is 5.10 Å². The molecule has 1 amide bonds. The van der Waals surface area contributed by atoms with Gasteiger partial charge in [0.15, 0.2) is 5.15 Å². The van der Waals surface area contributed by atoms with E-state index in [-0.39, 0.29) is 29.6 Å². The van der Waals surface area contributed by atoms with E-state index >= 15 is 0 Å². The number of aromatic nitrogens is 4. The number of hydrogen-bond acceptors (Lipinski definition) is 5. The highest BCUT2D eigenvalue weighted by Crippen LogP contribution is 2.17. The highest BCUT2D eigenvalue weighted by molar-refractivity contribution is 6.32. The van der Waals surface area contributed by atoms with E-state index < -0.39 is 0 Å². The summed E-state index contributed by atoms with van der Waals surface area (Å²) in [6.07, 6.45) is 1.60. The van der Waals surface area contributed by atoms with Crippen molar-refractivity contribution in [2.24, 2.45) is 0 Å². The van der Waals surface area contributed by atoms with Crippen LogP contribution in [-0.2, 0) is 11.3 Å². The number of carbonyl (C=O) groups excluding carboxylic acids is 1. The molecule has 0 fully saturated rings. The molecule has 0 aliphatic carbocycles. The molecule has 1 N–H and O–H groups in total. The van der Waals surface area contributed by atoms with Crippen LogP contribution in [0.3, 0.4) is 0 Å². The van der Waals surface area contributed by atoms with Crippen molar-refractivity contribution >= 4 is 34.1 Å². The van der Waals surface area contributed by atoms with Gasteiger partial charge in [0, 0.05) is 12.6 Å². The predicted molar refractivity (Wildman–Crippen MR) is 86.3 cm³/mol. The molecule has 0 saturated heterocycles. The third-order valence-electron chi connectivity index (χ3n) is 3.21. The molecule has 3 aromatic rings. The number of nitrogens with one attached hydrogen (secondary N) is 1. The fourth-order valence-electron chi connectivity index (χ4n) is 2.07. The smallest absolute Gasteiger partial charge is 0.277 e. The summed E-state index contributed by atoms with van der Waals surface area (Å²) in [7, 11) is 0. The van der Waals surface area contributed by atoms with Gasteiger partial charge in [0.25, 0.3) is 5.56 Å². The monoisotopic (exact) mass is 329 g/mol. The molecule has 3 rings (SSSR count). The summed E-state index contributed by atoms with van der Waals surface area (Å²) in [5.41, 5.74) is 0.680. The summed E-state index contributed by atoms with van der Waals surface area (Å²) in [6.45, 7) is 0.125. The van der Waals surface area contributed by atoms with Crippen molar-refractivity contribution in [3.8, 4) is 0 Å². The Kier molecular flexibility index (Phi) is 4.29. The van der Waals surface area contributed by atoms with E-state index in [0.29, 0.717) is 16.6 Å². The highest BCUT2D eigenvalue weighted by atomic mass is 35.5. The number of fused-ring (bicyclic) bond motifs is 1. The largest absolute Gasteiger partial charge is 0.323 e. The first-order valence-electron chi connectivity index (χ1n) is 6.88. The van der Waals surface area contributed by atoms with Gasteiger partial charge in [0.05, 0.1) is 17.6 Å². The summed E-state index contributed by atoms with van der Waals surface area (Å²) in [6, 6.07) is 10.2. The highest BCUT2D eigenvalue weighted by Gasteiger charge is 2.09. The Morgan fingerprint density at radius 1 is 1.22 bits per heavy atom. The van der Waals surface area contributed by atoms with Crippen molar-refractivity contribution in [2.75, 3.05) is 5.32 Å². The Balaban J connectivity index is 1.71. The van der Waals surface area contributed by atoms with Gasteiger partial charge < -0.3 is 5.32 Å². The van der Waals surface area contributed by atoms with Crippen LogP contribution in [0.15, 0.2) is 47.4 Å². The number of aryl methyl sites for hydroxylation is 1. The van der Waals surface area contributed by atoms with Crippen LogP contribution in [0.2, 0.25) is 5.15 Å². The van der Waals surface area contributed by atoms with Gasteiger partial charge in [-0.25, -0.2) is 9.67 Å². The number of carbonyl (C=O) groups is 1. The number of anilines is 1. The van der Waals surface area contributed by atoms with Crippen molar-refractivity contribution in [1.82, 2.24) is 20.0 Å². The minimum absolute atomic E-state index is 0.0676. The first kappa shape index (κ1) is 15.1. The Morgan fingerprint density at radius 3 is 2.87 bits per heavy atom. The lowest BCUT2D eigenvalue weighted by Gasteiger charge is -2.07. The molecule has 1 aromatic carbocycles. The zero-order valence-corrected chi connectivity index (χ0v) is 12.7. The number of nitrogens with zero attached hydrogens (tertiary/aromatic N) is 4. The fraction of sp³-hybridized carbons (Fsp3) is 0.133. The van der Waals surface area contributed by atoms with E-state index in [9.17, 15) is 9.59 Å². The molecule has 7 nitrogen and oxygen atoms in total. The van der Waals surface area contributed by atoms with Crippen molar-refractivity contribution in [1.29, 1.82) is 0 Å². The summed E-state index contributed by atoms with van der Waals surface area (Å²) in [5.74, 6) is -0.290. The first-order valence-corrected chi connectivity index (χ1v) is 7.26. The van der Waals surface area contributed by atoms with Crippen LogP contribution in [0.4, 0.5) is 5.69 Å². The fourth-order valence-corrected chi connectivity index (χ4v) is 2.24. The molecule has 2 heterocycles. The average Bonchev–Trinajstić information content (AvgIpc) is 2.57. The Labute approximate surface area is 135 Å². The standard InChI is InChI=1S/C15H12ClN5O2/c16-14-12(6-3-8-17-14)18-13(22)7-9-21-15(23)10-4-1-2-5-11(10)19-20-21/h1-6,8H,7,9H2,(H,18,22). The summed E-state index contributed by atoms with van der Waals surface area (Å²) < 4.78 is 1.17. The van der Waals surface area contributed by atoms with Gasteiger partial charge in [-0.3, -0.25) is 9.59 Å². The second kappa shape index (κ2) is 6.53. The SMILES string of the molecule is O=C(CCn1nnc2ccccc2c1=O)Nc1cccnc1Cl. The molecule has 116 valence electrons. The van der Waals surface area contributed by atoms with Crippen LogP contribution in [0.1, 0.15) is 6.42 Å². The molecule has 0 unspecified atom stereocenters. The summed E-state index contributed by atoms with van der Waals surface area (Å²) in [5, 5.41) is 11.1. The van der Waals surface area contributed by atoms with E-state index in [0.717, 1.165) is 0 Å². The number of rotatable bonds is 4. The van der Waals surface area contributed by atoms with Gasteiger partial charge in [-0.2, -0.15) is 0 Å².